The summed E-state index contributed by atoms with van der Waals surface area (Å²) in [6.45, 7) is 1.71. The molecule has 0 bridgehead atoms. The molecule has 106 valence electrons. The summed E-state index contributed by atoms with van der Waals surface area (Å²) in [7, 11) is 0. The summed E-state index contributed by atoms with van der Waals surface area (Å²) in [5.74, 6) is -0.752. The van der Waals surface area contributed by atoms with Crippen LogP contribution in [-0.4, -0.2) is 12.5 Å². The number of carbonyl (C=O) groups is 1. The number of carbonyl (C=O) groups excluding carboxylic acids is 1. The highest BCUT2D eigenvalue weighted by molar-refractivity contribution is 5.94. The van der Waals surface area contributed by atoms with E-state index in [9.17, 15) is 9.18 Å². The molecule has 2 N–H and O–H groups in total. The summed E-state index contributed by atoms with van der Waals surface area (Å²) in [5.41, 5.74) is 1.90. The molecule has 0 spiro atoms. The molecule has 0 aliphatic heterocycles. The van der Waals surface area contributed by atoms with E-state index in [1.807, 2.05) is 6.07 Å². The van der Waals surface area contributed by atoms with Gasteiger partial charge in [-0.05, 0) is 36.8 Å². The largest absolute Gasteiger partial charge is 0.374 e. The van der Waals surface area contributed by atoms with Crippen molar-refractivity contribution in [3.8, 4) is 6.07 Å². The lowest BCUT2D eigenvalue weighted by molar-refractivity contribution is -0.114. The van der Waals surface area contributed by atoms with Crippen LogP contribution in [0.1, 0.15) is 11.1 Å². The van der Waals surface area contributed by atoms with E-state index in [-0.39, 0.29) is 18.1 Å². The minimum absolute atomic E-state index is 0.0836. The number of hydrogen-bond donors (Lipinski definition) is 2. The third-order valence-corrected chi connectivity index (χ3v) is 2.89. The predicted molar refractivity (Wildman–Crippen MR) is 79.4 cm³/mol. The summed E-state index contributed by atoms with van der Waals surface area (Å²) < 4.78 is 13.6. The van der Waals surface area contributed by atoms with Gasteiger partial charge in [0.2, 0.25) is 5.91 Å². The Hall–Kier alpha value is -2.87. The Labute approximate surface area is 122 Å². The second kappa shape index (κ2) is 6.53. The van der Waals surface area contributed by atoms with E-state index < -0.39 is 5.82 Å². The predicted octanol–water partition coefficient (Wildman–Crippen LogP) is 3.06. The van der Waals surface area contributed by atoms with Crippen molar-refractivity contribution in [1.82, 2.24) is 0 Å². The van der Waals surface area contributed by atoms with Gasteiger partial charge in [-0.2, -0.15) is 5.26 Å². The Kier molecular flexibility index (Phi) is 4.52. The zero-order chi connectivity index (χ0) is 15.2. The summed E-state index contributed by atoms with van der Waals surface area (Å²) in [6, 6.07) is 13.4. The molecule has 0 radical (unpaired) electrons. The van der Waals surface area contributed by atoms with Crippen molar-refractivity contribution in [2.24, 2.45) is 0 Å². The molecule has 0 fully saturated rings. The fourth-order valence-electron chi connectivity index (χ4n) is 1.82. The van der Waals surface area contributed by atoms with Gasteiger partial charge in [-0.15, -0.1) is 0 Å². The topological polar surface area (TPSA) is 64.9 Å². The first kappa shape index (κ1) is 14.5. The first-order chi connectivity index (χ1) is 10.1. The first-order valence-electron chi connectivity index (χ1n) is 6.39. The van der Waals surface area contributed by atoms with Gasteiger partial charge >= 0.3 is 0 Å². The van der Waals surface area contributed by atoms with E-state index in [1.54, 1.807) is 43.3 Å². The second-order valence-electron chi connectivity index (χ2n) is 4.54. The number of nitriles is 1. The number of rotatable bonds is 4. The molecule has 4 nitrogen and oxygen atoms in total. The molecular formula is C16H14FN3O. The van der Waals surface area contributed by atoms with Crippen LogP contribution in [0, 0.1) is 24.1 Å². The van der Waals surface area contributed by atoms with Gasteiger partial charge < -0.3 is 10.6 Å². The Morgan fingerprint density at radius 1 is 1.24 bits per heavy atom. The zero-order valence-corrected chi connectivity index (χ0v) is 11.5. The van der Waals surface area contributed by atoms with Gasteiger partial charge in [0.15, 0.2) is 0 Å². The Morgan fingerprint density at radius 2 is 2.00 bits per heavy atom. The van der Waals surface area contributed by atoms with Crippen LogP contribution in [0.2, 0.25) is 0 Å². The number of nitrogens with zero attached hydrogens (tertiary/aromatic N) is 1. The number of para-hydroxylation sites is 1. The van der Waals surface area contributed by atoms with Crippen molar-refractivity contribution in [1.29, 1.82) is 5.26 Å². The van der Waals surface area contributed by atoms with E-state index >= 15 is 0 Å². The molecule has 0 aliphatic rings. The molecule has 0 saturated heterocycles. The van der Waals surface area contributed by atoms with E-state index in [2.05, 4.69) is 10.6 Å². The quantitative estimate of drug-likeness (QED) is 0.906. The number of benzene rings is 2. The summed E-state index contributed by atoms with van der Waals surface area (Å²) >= 11 is 0. The molecule has 2 aromatic rings. The first-order valence-corrected chi connectivity index (χ1v) is 6.39. The van der Waals surface area contributed by atoms with Crippen LogP contribution in [0.15, 0.2) is 42.5 Å². The zero-order valence-electron chi connectivity index (χ0n) is 11.5. The fourth-order valence-corrected chi connectivity index (χ4v) is 1.82. The van der Waals surface area contributed by atoms with Crippen molar-refractivity contribution in [2.75, 3.05) is 17.2 Å². The summed E-state index contributed by atoms with van der Waals surface area (Å²) in [6.07, 6.45) is 0. The van der Waals surface area contributed by atoms with Crippen molar-refractivity contribution in [3.05, 3.63) is 59.4 Å². The molecule has 0 atom stereocenters. The van der Waals surface area contributed by atoms with Gasteiger partial charge in [-0.25, -0.2) is 4.39 Å². The summed E-state index contributed by atoms with van der Waals surface area (Å²) in [5, 5.41) is 14.3. The van der Waals surface area contributed by atoms with Crippen LogP contribution in [0.4, 0.5) is 15.8 Å². The van der Waals surface area contributed by atoms with Crippen molar-refractivity contribution >= 4 is 17.3 Å². The van der Waals surface area contributed by atoms with Crippen LogP contribution in [0.3, 0.4) is 0 Å². The van der Waals surface area contributed by atoms with Gasteiger partial charge in [-0.1, -0.05) is 18.2 Å². The standard InChI is InChI=1S/C16H14FN3O/c1-11-6-7-15(13(17)8-11)19-10-16(21)20-14-5-3-2-4-12(14)9-18/h2-8,19H,10H2,1H3,(H,20,21). The van der Waals surface area contributed by atoms with E-state index in [0.717, 1.165) is 5.56 Å². The van der Waals surface area contributed by atoms with Crippen molar-refractivity contribution < 1.29 is 9.18 Å². The molecule has 2 aromatic carbocycles. The molecule has 0 aromatic heterocycles. The minimum Gasteiger partial charge on any atom is -0.374 e. The normalized spacial score (nSPS) is 9.76. The smallest absolute Gasteiger partial charge is 0.243 e. The maximum atomic E-state index is 13.6. The number of aryl methyl sites for hydroxylation is 1. The average Bonchev–Trinajstić information content (AvgIpc) is 2.47. The van der Waals surface area contributed by atoms with Gasteiger partial charge in [0.05, 0.1) is 23.5 Å². The lowest BCUT2D eigenvalue weighted by atomic mass is 10.2. The van der Waals surface area contributed by atoms with Crippen LogP contribution in [0.25, 0.3) is 0 Å². The lowest BCUT2D eigenvalue weighted by Crippen LogP contribution is -2.22. The molecule has 5 heteroatoms. The van der Waals surface area contributed by atoms with Crippen molar-refractivity contribution in [2.45, 2.75) is 6.92 Å². The lowest BCUT2D eigenvalue weighted by Gasteiger charge is -2.09. The number of nitrogens with one attached hydrogen (secondary N) is 2. The minimum atomic E-state index is -0.403. The molecule has 2 rings (SSSR count). The van der Waals surface area contributed by atoms with Gasteiger partial charge in [0.1, 0.15) is 11.9 Å². The highest BCUT2D eigenvalue weighted by Gasteiger charge is 2.07. The SMILES string of the molecule is Cc1ccc(NCC(=O)Nc2ccccc2C#N)c(F)c1. The number of halogens is 1. The number of amides is 1. The van der Waals surface area contributed by atoms with Crippen LogP contribution < -0.4 is 10.6 Å². The Bertz CT molecular complexity index is 707. The highest BCUT2D eigenvalue weighted by atomic mass is 19.1. The summed E-state index contributed by atoms with van der Waals surface area (Å²) in [4.78, 5) is 11.8. The molecule has 21 heavy (non-hydrogen) atoms. The van der Waals surface area contributed by atoms with Crippen molar-refractivity contribution in [3.63, 3.8) is 0 Å². The van der Waals surface area contributed by atoms with Gasteiger partial charge in [0, 0.05) is 0 Å². The van der Waals surface area contributed by atoms with Crippen LogP contribution in [-0.2, 0) is 4.79 Å². The maximum absolute atomic E-state index is 13.6. The number of hydrogen-bond acceptors (Lipinski definition) is 3. The maximum Gasteiger partial charge on any atom is 0.243 e. The number of anilines is 2. The average molecular weight is 283 g/mol. The molecular weight excluding hydrogens is 269 g/mol. The highest BCUT2D eigenvalue weighted by Crippen LogP contribution is 2.16. The molecule has 1 amide bonds. The van der Waals surface area contributed by atoms with E-state index in [0.29, 0.717) is 11.3 Å². The molecule has 0 aliphatic carbocycles. The third-order valence-electron chi connectivity index (χ3n) is 2.89. The van der Waals surface area contributed by atoms with E-state index in [1.165, 1.54) is 6.07 Å². The Balaban J connectivity index is 1.98. The van der Waals surface area contributed by atoms with Gasteiger partial charge in [-0.3, -0.25) is 4.79 Å². The van der Waals surface area contributed by atoms with Gasteiger partial charge in [0.25, 0.3) is 0 Å². The monoisotopic (exact) mass is 283 g/mol. The fraction of sp³-hybridized carbons (Fsp3) is 0.125. The molecule has 0 unspecified atom stereocenters. The molecule has 0 heterocycles. The van der Waals surface area contributed by atoms with Crippen LogP contribution >= 0.6 is 0 Å². The Morgan fingerprint density at radius 3 is 2.71 bits per heavy atom. The van der Waals surface area contributed by atoms with E-state index in [4.69, 9.17) is 5.26 Å². The van der Waals surface area contributed by atoms with Crippen LogP contribution in [0.5, 0.6) is 0 Å². The third kappa shape index (κ3) is 3.80. The second-order valence-corrected chi connectivity index (χ2v) is 4.54. The molecule has 0 saturated carbocycles.